The fourth-order valence-corrected chi connectivity index (χ4v) is 1.55. The van der Waals surface area contributed by atoms with Crippen LogP contribution in [0.3, 0.4) is 0 Å². The molecule has 0 aliphatic heterocycles. The third kappa shape index (κ3) is 2.04. The molecule has 1 heterocycles. The molecular formula is C12H11FN2O2. The van der Waals surface area contributed by atoms with Crippen LogP contribution in [-0.2, 0) is 0 Å². The second kappa shape index (κ2) is 4.37. The van der Waals surface area contributed by atoms with Crippen LogP contribution in [-0.4, -0.2) is 17.1 Å². The van der Waals surface area contributed by atoms with Crippen LogP contribution >= 0.6 is 0 Å². The van der Waals surface area contributed by atoms with Crippen molar-refractivity contribution in [1.29, 1.82) is 0 Å². The Kier molecular flexibility index (Phi) is 2.91. The zero-order valence-corrected chi connectivity index (χ0v) is 9.45. The molecule has 2 rings (SSSR count). The van der Waals surface area contributed by atoms with E-state index in [1.165, 1.54) is 19.5 Å². The van der Waals surface area contributed by atoms with Crippen LogP contribution in [0, 0.1) is 12.7 Å². The fraction of sp³-hybridized carbons (Fsp3) is 0.167. The molecule has 88 valence electrons. The molecule has 0 atom stereocenters. The van der Waals surface area contributed by atoms with Crippen molar-refractivity contribution in [2.75, 3.05) is 7.11 Å². The molecular weight excluding hydrogens is 223 g/mol. The topological polar surface area (TPSA) is 55.0 Å². The van der Waals surface area contributed by atoms with E-state index < -0.39 is 5.82 Å². The van der Waals surface area contributed by atoms with Gasteiger partial charge in [-0.15, -0.1) is 0 Å². The summed E-state index contributed by atoms with van der Waals surface area (Å²) in [6.45, 7) is 1.60. The van der Waals surface area contributed by atoms with Gasteiger partial charge < -0.3 is 9.72 Å². The van der Waals surface area contributed by atoms with Crippen LogP contribution in [0.4, 0.5) is 4.39 Å². The second-order valence-corrected chi connectivity index (χ2v) is 3.55. The molecule has 17 heavy (non-hydrogen) atoms. The van der Waals surface area contributed by atoms with E-state index in [4.69, 9.17) is 4.74 Å². The first-order chi connectivity index (χ1) is 8.13. The van der Waals surface area contributed by atoms with Crippen LogP contribution in [0.2, 0.25) is 0 Å². The highest BCUT2D eigenvalue weighted by molar-refractivity contribution is 5.63. The Balaban J connectivity index is 2.61. The molecule has 0 saturated heterocycles. The number of nitrogens with one attached hydrogen (secondary N) is 1. The molecule has 2 aromatic rings. The summed E-state index contributed by atoms with van der Waals surface area (Å²) in [5.41, 5.74) is 0.741. The number of rotatable bonds is 2. The number of halogens is 1. The second-order valence-electron chi connectivity index (χ2n) is 3.55. The number of nitrogens with zero attached hydrogens (tertiary/aromatic N) is 1. The van der Waals surface area contributed by atoms with Gasteiger partial charge >= 0.3 is 0 Å². The Labute approximate surface area is 97.1 Å². The molecule has 0 saturated carbocycles. The van der Waals surface area contributed by atoms with Gasteiger partial charge in [0, 0.05) is 17.2 Å². The minimum absolute atomic E-state index is 0.273. The van der Waals surface area contributed by atoms with Crippen LogP contribution in [0.1, 0.15) is 5.56 Å². The van der Waals surface area contributed by atoms with Crippen LogP contribution in [0.5, 0.6) is 5.75 Å². The van der Waals surface area contributed by atoms with E-state index in [0.29, 0.717) is 17.0 Å². The van der Waals surface area contributed by atoms with Gasteiger partial charge in [0.25, 0.3) is 5.56 Å². The van der Waals surface area contributed by atoms with Gasteiger partial charge in [0.15, 0.2) is 0 Å². The summed E-state index contributed by atoms with van der Waals surface area (Å²) >= 11 is 0. The van der Waals surface area contributed by atoms with E-state index in [9.17, 15) is 9.18 Å². The van der Waals surface area contributed by atoms with Crippen molar-refractivity contribution >= 4 is 0 Å². The lowest BCUT2D eigenvalue weighted by atomic mass is 10.1. The van der Waals surface area contributed by atoms with Gasteiger partial charge in [0.1, 0.15) is 11.6 Å². The van der Waals surface area contributed by atoms with E-state index in [1.54, 1.807) is 19.1 Å². The van der Waals surface area contributed by atoms with Crippen molar-refractivity contribution in [2.24, 2.45) is 0 Å². The summed E-state index contributed by atoms with van der Waals surface area (Å²) in [7, 11) is 1.46. The first kappa shape index (κ1) is 11.3. The van der Waals surface area contributed by atoms with E-state index in [2.05, 4.69) is 9.97 Å². The zero-order valence-electron chi connectivity index (χ0n) is 9.45. The first-order valence-electron chi connectivity index (χ1n) is 5.01. The summed E-state index contributed by atoms with van der Waals surface area (Å²) in [4.78, 5) is 17.8. The lowest BCUT2D eigenvalue weighted by molar-refractivity contribution is 0.411. The predicted octanol–water partition coefficient (Wildman–Crippen LogP) is 1.89. The highest BCUT2D eigenvalue weighted by Crippen LogP contribution is 2.25. The molecule has 0 bridgehead atoms. The Morgan fingerprint density at radius 1 is 1.41 bits per heavy atom. The van der Waals surface area contributed by atoms with Crippen molar-refractivity contribution < 1.29 is 9.13 Å². The largest absolute Gasteiger partial charge is 0.497 e. The molecule has 0 unspecified atom stereocenters. The number of H-pyrrole nitrogens is 1. The molecule has 0 aliphatic carbocycles. The Hall–Kier alpha value is -2.17. The maximum absolute atomic E-state index is 13.8. The third-order valence-electron chi connectivity index (χ3n) is 2.52. The average molecular weight is 234 g/mol. The minimum Gasteiger partial charge on any atom is -0.497 e. The molecule has 0 fully saturated rings. The molecule has 0 radical (unpaired) electrons. The first-order valence-corrected chi connectivity index (χ1v) is 5.01. The Bertz CT molecular complexity index is 608. The Morgan fingerprint density at radius 2 is 2.18 bits per heavy atom. The molecule has 1 N–H and O–H groups in total. The lowest BCUT2D eigenvalue weighted by Crippen LogP contribution is -2.11. The van der Waals surface area contributed by atoms with Crippen molar-refractivity contribution in [3.8, 4) is 17.0 Å². The Morgan fingerprint density at radius 3 is 2.82 bits per heavy atom. The SMILES string of the molecule is COc1ccc(-c2nc[nH]c(=O)c2C)c(F)c1. The van der Waals surface area contributed by atoms with Gasteiger partial charge in [0.2, 0.25) is 0 Å². The van der Waals surface area contributed by atoms with Crippen LogP contribution < -0.4 is 10.3 Å². The monoisotopic (exact) mass is 234 g/mol. The van der Waals surface area contributed by atoms with E-state index in [-0.39, 0.29) is 11.1 Å². The van der Waals surface area contributed by atoms with Gasteiger partial charge in [-0.3, -0.25) is 4.79 Å². The number of hydrogen-bond acceptors (Lipinski definition) is 3. The summed E-state index contributed by atoms with van der Waals surface area (Å²) in [5, 5.41) is 0. The third-order valence-corrected chi connectivity index (χ3v) is 2.52. The number of benzene rings is 1. The average Bonchev–Trinajstić information content (AvgIpc) is 2.33. The molecule has 0 aliphatic rings. The van der Waals surface area contributed by atoms with E-state index in [0.717, 1.165) is 0 Å². The van der Waals surface area contributed by atoms with Crippen molar-refractivity contribution in [3.63, 3.8) is 0 Å². The number of aromatic amines is 1. The summed E-state index contributed by atoms with van der Waals surface area (Å²) < 4.78 is 18.7. The van der Waals surface area contributed by atoms with Crippen molar-refractivity contribution in [3.05, 3.63) is 46.3 Å². The predicted molar refractivity (Wildman–Crippen MR) is 61.5 cm³/mol. The van der Waals surface area contributed by atoms with Gasteiger partial charge in [-0.1, -0.05) is 0 Å². The summed E-state index contributed by atoms with van der Waals surface area (Å²) in [6.07, 6.45) is 1.26. The van der Waals surface area contributed by atoms with Gasteiger partial charge in [-0.05, 0) is 19.1 Å². The number of hydrogen-bond donors (Lipinski definition) is 1. The summed E-state index contributed by atoms with van der Waals surface area (Å²) in [5.74, 6) is -0.0423. The summed E-state index contributed by atoms with van der Waals surface area (Å²) in [6, 6.07) is 4.43. The van der Waals surface area contributed by atoms with Gasteiger partial charge in [0.05, 0.1) is 19.1 Å². The number of ether oxygens (including phenoxy) is 1. The van der Waals surface area contributed by atoms with Crippen molar-refractivity contribution in [1.82, 2.24) is 9.97 Å². The highest BCUT2D eigenvalue weighted by atomic mass is 19.1. The molecule has 0 amide bonds. The molecule has 4 nitrogen and oxygen atoms in total. The lowest BCUT2D eigenvalue weighted by Gasteiger charge is -2.06. The van der Waals surface area contributed by atoms with Crippen LogP contribution in [0.25, 0.3) is 11.3 Å². The number of methoxy groups -OCH3 is 1. The minimum atomic E-state index is -0.467. The molecule has 0 spiro atoms. The van der Waals surface area contributed by atoms with E-state index >= 15 is 0 Å². The van der Waals surface area contributed by atoms with Crippen molar-refractivity contribution in [2.45, 2.75) is 6.92 Å². The van der Waals surface area contributed by atoms with Crippen LogP contribution in [0.15, 0.2) is 29.3 Å². The quantitative estimate of drug-likeness (QED) is 0.863. The fourth-order valence-electron chi connectivity index (χ4n) is 1.55. The highest BCUT2D eigenvalue weighted by Gasteiger charge is 2.11. The molecule has 1 aromatic heterocycles. The molecule has 5 heteroatoms. The normalized spacial score (nSPS) is 10.3. The van der Waals surface area contributed by atoms with Gasteiger partial charge in [-0.25, -0.2) is 9.37 Å². The standard InChI is InChI=1S/C12H11FN2O2/c1-7-11(14-6-15-12(7)16)9-4-3-8(17-2)5-10(9)13/h3-6H,1-2H3,(H,14,15,16). The number of aromatic nitrogens is 2. The van der Waals surface area contributed by atoms with E-state index in [1.807, 2.05) is 0 Å². The smallest absolute Gasteiger partial charge is 0.254 e. The maximum atomic E-state index is 13.8. The maximum Gasteiger partial charge on any atom is 0.254 e. The zero-order chi connectivity index (χ0) is 12.4. The van der Waals surface area contributed by atoms with Gasteiger partial charge in [-0.2, -0.15) is 0 Å². The molecule has 1 aromatic carbocycles.